The molecule has 1 aromatic heterocycles. The lowest BCUT2D eigenvalue weighted by molar-refractivity contribution is 0.731. The van der Waals surface area contributed by atoms with Gasteiger partial charge in [-0.15, -0.1) is 11.3 Å². The summed E-state index contributed by atoms with van der Waals surface area (Å²) < 4.78 is 0. The highest BCUT2D eigenvalue weighted by Crippen LogP contribution is 2.26. The van der Waals surface area contributed by atoms with Crippen molar-refractivity contribution in [3.63, 3.8) is 0 Å². The van der Waals surface area contributed by atoms with Gasteiger partial charge in [0.05, 0.1) is 5.69 Å². The number of thiazole rings is 1. The Morgan fingerprint density at radius 2 is 2.10 bits per heavy atom. The summed E-state index contributed by atoms with van der Waals surface area (Å²) in [5.74, 6) is 0. The van der Waals surface area contributed by atoms with Crippen molar-refractivity contribution < 1.29 is 0 Å². The van der Waals surface area contributed by atoms with Crippen LogP contribution < -0.4 is 10.2 Å². The van der Waals surface area contributed by atoms with E-state index in [4.69, 9.17) is 0 Å². The molecular formula is C16H23N3S. The summed E-state index contributed by atoms with van der Waals surface area (Å²) in [6, 6.07) is 8.65. The first-order valence-corrected chi connectivity index (χ1v) is 7.85. The van der Waals surface area contributed by atoms with Crippen molar-refractivity contribution in [1.29, 1.82) is 0 Å². The Morgan fingerprint density at radius 3 is 2.80 bits per heavy atom. The van der Waals surface area contributed by atoms with Gasteiger partial charge in [-0.05, 0) is 26.0 Å². The molecule has 2 aromatic rings. The smallest absolute Gasteiger partial charge is 0.185 e. The van der Waals surface area contributed by atoms with Crippen LogP contribution in [-0.2, 0) is 13.1 Å². The Labute approximate surface area is 125 Å². The van der Waals surface area contributed by atoms with Gasteiger partial charge in [-0.2, -0.15) is 0 Å². The van der Waals surface area contributed by atoms with E-state index >= 15 is 0 Å². The zero-order valence-electron chi connectivity index (χ0n) is 12.7. The molecule has 0 unspecified atom stereocenters. The summed E-state index contributed by atoms with van der Waals surface area (Å²) in [7, 11) is 2.11. The average molecular weight is 289 g/mol. The molecule has 108 valence electrons. The highest BCUT2D eigenvalue weighted by Gasteiger charge is 2.11. The lowest BCUT2D eigenvalue weighted by atomic mass is 10.1. The van der Waals surface area contributed by atoms with Crippen LogP contribution in [0.4, 0.5) is 5.13 Å². The van der Waals surface area contributed by atoms with Gasteiger partial charge in [0, 0.05) is 25.0 Å². The van der Waals surface area contributed by atoms with Crippen molar-refractivity contribution in [1.82, 2.24) is 10.3 Å². The molecule has 0 bridgehead atoms. The maximum atomic E-state index is 4.69. The third kappa shape index (κ3) is 3.81. The molecule has 0 fully saturated rings. The second kappa shape index (κ2) is 6.86. The van der Waals surface area contributed by atoms with Gasteiger partial charge in [-0.3, -0.25) is 0 Å². The monoisotopic (exact) mass is 289 g/mol. The van der Waals surface area contributed by atoms with Gasteiger partial charge in [-0.1, -0.05) is 36.8 Å². The predicted molar refractivity (Wildman–Crippen MR) is 87.5 cm³/mol. The Kier molecular flexibility index (Phi) is 5.15. The van der Waals surface area contributed by atoms with Crippen molar-refractivity contribution >= 4 is 16.5 Å². The Hall–Kier alpha value is -1.39. The largest absolute Gasteiger partial charge is 0.347 e. The SMILES string of the molecule is CCNCc1sc(N(C)Cc2cccc(C)c2)nc1C. The number of nitrogens with one attached hydrogen (secondary N) is 1. The predicted octanol–water partition coefficient (Wildman–Crippen LogP) is 3.51. The van der Waals surface area contributed by atoms with Crippen molar-refractivity contribution in [2.24, 2.45) is 0 Å². The molecule has 1 heterocycles. The molecule has 0 saturated carbocycles. The molecular weight excluding hydrogens is 266 g/mol. The lowest BCUT2D eigenvalue weighted by Crippen LogP contribution is -2.16. The normalized spacial score (nSPS) is 10.8. The Bertz CT molecular complexity index is 563. The number of nitrogens with zero attached hydrogens (tertiary/aromatic N) is 2. The van der Waals surface area contributed by atoms with Gasteiger partial charge < -0.3 is 10.2 Å². The number of benzene rings is 1. The van der Waals surface area contributed by atoms with E-state index in [0.717, 1.165) is 30.5 Å². The molecule has 4 heteroatoms. The van der Waals surface area contributed by atoms with Crippen LogP contribution in [0.15, 0.2) is 24.3 Å². The molecule has 0 spiro atoms. The molecule has 0 atom stereocenters. The molecule has 0 radical (unpaired) electrons. The van der Waals surface area contributed by atoms with Crippen molar-refractivity contribution in [3.05, 3.63) is 46.0 Å². The molecule has 2 rings (SSSR count). The third-order valence-electron chi connectivity index (χ3n) is 3.25. The molecule has 0 aliphatic heterocycles. The zero-order valence-corrected chi connectivity index (χ0v) is 13.5. The standard InChI is InChI=1S/C16H23N3S/c1-5-17-10-15-13(3)18-16(20-15)19(4)11-14-8-6-7-12(2)9-14/h6-9,17H,5,10-11H2,1-4H3. The third-order valence-corrected chi connectivity index (χ3v) is 4.52. The molecule has 0 saturated heterocycles. The molecule has 0 amide bonds. The molecule has 20 heavy (non-hydrogen) atoms. The van der Waals surface area contributed by atoms with E-state index < -0.39 is 0 Å². The number of rotatable bonds is 6. The quantitative estimate of drug-likeness (QED) is 0.882. The molecule has 3 nitrogen and oxygen atoms in total. The summed E-state index contributed by atoms with van der Waals surface area (Å²) >= 11 is 1.78. The van der Waals surface area contributed by atoms with Crippen LogP contribution in [-0.4, -0.2) is 18.6 Å². The highest BCUT2D eigenvalue weighted by molar-refractivity contribution is 7.15. The highest BCUT2D eigenvalue weighted by atomic mass is 32.1. The summed E-state index contributed by atoms with van der Waals surface area (Å²) in [5.41, 5.74) is 3.77. The number of anilines is 1. The molecule has 1 aromatic carbocycles. The van der Waals surface area contributed by atoms with Gasteiger partial charge in [-0.25, -0.2) is 4.98 Å². The minimum absolute atomic E-state index is 0.898. The van der Waals surface area contributed by atoms with E-state index in [2.05, 4.69) is 67.3 Å². The van der Waals surface area contributed by atoms with E-state index in [-0.39, 0.29) is 0 Å². The average Bonchev–Trinajstić information content (AvgIpc) is 2.78. The number of aryl methyl sites for hydroxylation is 2. The minimum atomic E-state index is 0.898. The Balaban J connectivity index is 2.07. The van der Waals surface area contributed by atoms with Crippen LogP contribution in [0.2, 0.25) is 0 Å². The first-order chi connectivity index (χ1) is 9.60. The fourth-order valence-corrected chi connectivity index (χ4v) is 3.12. The maximum absolute atomic E-state index is 4.69. The van der Waals surface area contributed by atoms with E-state index in [1.165, 1.54) is 16.0 Å². The first kappa shape index (κ1) is 15.0. The van der Waals surface area contributed by atoms with E-state index in [9.17, 15) is 0 Å². The van der Waals surface area contributed by atoms with Crippen molar-refractivity contribution in [2.45, 2.75) is 33.9 Å². The van der Waals surface area contributed by atoms with Crippen LogP contribution in [0, 0.1) is 13.8 Å². The van der Waals surface area contributed by atoms with Crippen molar-refractivity contribution in [2.75, 3.05) is 18.5 Å². The Morgan fingerprint density at radius 1 is 1.30 bits per heavy atom. The number of hydrogen-bond donors (Lipinski definition) is 1. The van der Waals surface area contributed by atoms with Crippen LogP contribution in [0.1, 0.15) is 28.6 Å². The molecule has 0 aliphatic rings. The fourth-order valence-electron chi connectivity index (χ4n) is 2.13. The number of hydrogen-bond acceptors (Lipinski definition) is 4. The maximum Gasteiger partial charge on any atom is 0.185 e. The van der Waals surface area contributed by atoms with E-state index in [1.54, 1.807) is 11.3 Å². The molecule has 1 N–H and O–H groups in total. The second-order valence-electron chi connectivity index (χ2n) is 5.13. The zero-order chi connectivity index (χ0) is 14.5. The van der Waals surface area contributed by atoms with Crippen LogP contribution in [0.3, 0.4) is 0 Å². The summed E-state index contributed by atoms with van der Waals surface area (Å²) in [6.07, 6.45) is 0. The fraction of sp³-hybridized carbons (Fsp3) is 0.438. The van der Waals surface area contributed by atoms with Crippen LogP contribution >= 0.6 is 11.3 Å². The van der Waals surface area contributed by atoms with Crippen LogP contribution in [0.5, 0.6) is 0 Å². The topological polar surface area (TPSA) is 28.2 Å². The summed E-state index contributed by atoms with van der Waals surface area (Å²) in [4.78, 5) is 8.24. The van der Waals surface area contributed by atoms with Gasteiger partial charge in [0.15, 0.2) is 5.13 Å². The van der Waals surface area contributed by atoms with Gasteiger partial charge in [0.2, 0.25) is 0 Å². The van der Waals surface area contributed by atoms with Crippen molar-refractivity contribution in [3.8, 4) is 0 Å². The lowest BCUT2D eigenvalue weighted by Gasteiger charge is -2.16. The van der Waals surface area contributed by atoms with E-state index in [0.29, 0.717) is 0 Å². The van der Waals surface area contributed by atoms with Gasteiger partial charge >= 0.3 is 0 Å². The minimum Gasteiger partial charge on any atom is -0.347 e. The molecule has 0 aliphatic carbocycles. The first-order valence-electron chi connectivity index (χ1n) is 7.04. The van der Waals surface area contributed by atoms with Gasteiger partial charge in [0.1, 0.15) is 0 Å². The van der Waals surface area contributed by atoms with E-state index in [1.807, 2.05) is 0 Å². The summed E-state index contributed by atoms with van der Waals surface area (Å²) in [5, 5.41) is 4.46. The number of aromatic nitrogens is 1. The van der Waals surface area contributed by atoms with Crippen LogP contribution in [0.25, 0.3) is 0 Å². The van der Waals surface area contributed by atoms with Gasteiger partial charge in [0.25, 0.3) is 0 Å². The summed E-state index contributed by atoms with van der Waals surface area (Å²) in [6.45, 7) is 9.15. The second-order valence-corrected chi connectivity index (χ2v) is 6.19.